The van der Waals surface area contributed by atoms with Crippen molar-refractivity contribution < 1.29 is 16.8 Å². The van der Waals surface area contributed by atoms with Crippen molar-refractivity contribution >= 4 is 35.8 Å². The maximum absolute atomic E-state index is 12.4. The highest BCUT2D eigenvalue weighted by atomic mass is 79.9. The van der Waals surface area contributed by atoms with Gasteiger partial charge in [0.15, 0.2) is 9.84 Å². The smallest absolute Gasteiger partial charge is 0.229 e. The molecule has 5 nitrogen and oxygen atoms in total. The molecular formula is C11H14BrNO4S2. The number of benzene rings is 1. The lowest BCUT2D eigenvalue weighted by Gasteiger charge is -2.17. The largest absolute Gasteiger partial charge is 0.244 e. The zero-order valence-electron chi connectivity index (χ0n) is 10.3. The molecule has 0 radical (unpaired) electrons. The van der Waals surface area contributed by atoms with Crippen LogP contribution in [0.15, 0.2) is 33.6 Å². The Labute approximate surface area is 121 Å². The third kappa shape index (κ3) is 3.01. The number of sulfonamides is 1. The van der Waals surface area contributed by atoms with E-state index in [9.17, 15) is 16.8 Å². The number of nitrogens with zero attached hydrogens (tertiary/aromatic N) is 1. The quantitative estimate of drug-likeness (QED) is 0.805. The van der Waals surface area contributed by atoms with Crippen molar-refractivity contribution in [1.82, 2.24) is 4.31 Å². The number of sulfone groups is 1. The molecule has 1 aromatic rings. The normalized spacial score (nSPS) is 21.7. The predicted octanol–water partition coefficient (Wildman–Crippen LogP) is 1.26. The van der Waals surface area contributed by atoms with Crippen LogP contribution in [0, 0.1) is 0 Å². The Kier molecular flexibility index (Phi) is 4.06. The molecule has 1 saturated heterocycles. The van der Waals surface area contributed by atoms with Gasteiger partial charge in [0.1, 0.15) is 0 Å². The topological polar surface area (TPSA) is 71.5 Å². The Morgan fingerprint density at radius 1 is 1.21 bits per heavy atom. The van der Waals surface area contributed by atoms with Crippen LogP contribution >= 0.6 is 15.9 Å². The SMILES string of the molecule is CS(=O)(=O)C1CCN(S(=O)(=O)c2ccccc2Br)C1. The first-order chi connectivity index (χ1) is 8.73. The second-order valence-corrected chi connectivity index (χ2v) is 9.62. The lowest BCUT2D eigenvalue weighted by Crippen LogP contribution is -2.31. The van der Waals surface area contributed by atoms with Crippen LogP contribution in [0.1, 0.15) is 6.42 Å². The third-order valence-electron chi connectivity index (χ3n) is 3.17. The maximum Gasteiger partial charge on any atom is 0.244 e. The highest BCUT2D eigenvalue weighted by Gasteiger charge is 2.37. The second kappa shape index (κ2) is 5.16. The Balaban J connectivity index is 2.31. The lowest BCUT2D eigenvalue weighted by atomic mass is 10.4. The molecule has 0 aliphatic carbocycles. The Morgan fingerprint density at radius 3 is 2.37 bits per heavy atom. The van der Waals surface area contributed by atoms with Crippen LogP contribution in [0.4, 0.5) is 0 Å². The molecule has 0 saturated carbocycles. The summed E-state index contributed by atoms with van der Waals surface area (Å²) < 4.78 is 49.5. The highest BCUT2D eigenvalue weighted by molar-refractivity contribution is 9.10. The van der Waals surface area contributed by atoms with Gasteiger partial charge in [0.25, 0.3) is 0 Å². The summed E-state index contributed by atoms with van der Waals surface area (Å²) >= 11 is 3.21. The molecule has 0 N–H and O–H groups in total. The molecule has 0 spiro atoms. The second-order valence-electron chi connectivity index (χ2n) is 4.53. The van der Waals surface area contributed by atoms with Gasteiger partial charge in [-0.1, -0.05) is 12.1 Å². The molecule has 1 atom stereocenters. The van der Waals surface area contributed by atoms with Crippen LogP contribution in [0.25, 0.3) is 0 Å². The average Bonchev–Trinajstić information content (AvgIpc) is 2.78. The van der Waals surface area contributed by atoms with Crippen LogP contribution < -0.4 is 0 Å². The molecule has 1 aliphatic heterocycles. The molecule has 1 unspecified atom stereocenters. The highest BCUT2D eigenvalue weighted by Crippen LogP contribution is 2.28. The molecule has 0 bridgehead atoms. The van der Waals surface area contributed by atoms with E-state index >= 15 is 0 Å². The van der Waals surface area contributed by atoms with Crippen molar-refractivity contribution in [3.63, 3.8) is 0 Å². The molecule has 1 aromatic carbocycles. The van der Waals surface area contributed by atoms with Crippen LogP contribution in [-0.2, 0) is 19.9 Å². The minimum atomic E-state index is -3.64. The number of rotatable bonds is 3. The van der Waals surface area contributed by atoms with Gasteiger partial charge in [0.05, 0.1) is 10.1 Å². The minimum absolute atomic E-state index is 0.0303. The fourth-order valence-electron chi connectivity index (χ4n) is 2.06. The molecule has 0 aromatic heterocycles. The van der Waals surface area contributed by atoms with E-state index in [4.69, 9.17) is 0 Å². The monoisotopic (exact) mass is 367 g/mol. The van der Waals surface area contributed by atoms with Gasteiger partial charge in [-0.2, -0.15) is 4.31 Å². The van der Waals surface area contributed by atoms with Crippen molar-refractivity contribution in [3.05, 3.63) is 28.7 Å². The van der Waals surface area contributed by atoms with Crippen LogP contribution in [0.5, 0.6) is 0 Å². The molecule has 1 heterocycles. The van der Waals surface area contributed by atoms with Gasteiger partial charge in [0.2, 0.25) is 10.0 Å². The first kappa shape index (κ1) is 15.0. The molecule has 1 aliphatic rings. The van der Waals surface area contributed by atoms with E-state index in [1.165, 1.54) is 10.4 Å². The van der Waals surface area contributed by atoms with Crippen molar-refractivity contribution in [2.45, 2.75) is 16.6 Å². The number of halogens is 1. The van der Waals surface area contributed by atoms with Crippen molar-refractivity contribution in [1.29, 1.82) is 0 Å². The third-order valence-corrected chi connectivity index (χ3v) is 7.64. The van der Waals surface area contributed by atoms with E-state index in [0.29, 0.717) is 10.9 Å². The van der Waals surface area contributed by atoms with E-state index < -0.39 is 25.1 Å². The minimum Gasteiger partial charge on any atom is -0.229 e. The lowest BCUT2D eigenvalue weighted by molar-refractivity contribution is 0.476. The Morgan fingerprint density at radius 2 is 1.84 bits per heavy atom. The number of hydrogen-bond acceptors (Lipinski definition) is 4. The van der Waals surface area contributed by atoms with E-state index in [0.717, 1.165) is 6.26 Å². The van der Waals surface area contributed by atoms with Gasteiger partial charge in [-0.25, -0.2) is 16.8 Å². The van der Waals surface area contributed by atoms with Gasteiger partial charge >= 0.3 is 0 Å². The van der Waals surface area contributed by atoms with Crippen LogP contribution in [0.3, 0.4) is 0 Å². The fraction of sp³-hybridized carbons (Fsp3) is 0.455. The first-order valence-corrected chi connectivity index (χ1v) is 9.85. The van der Waals surface area contributed by atoms with Gasteiger partial charge in [0, 0.05) is 23.8 Å². The molecule has 19 heavy (non-hydrogen) atoms. The summed E-state index contributed by atoms with van der Waals surface area (Å²) in [5.74, 6) is 0. The van der Waals surface area contributed by atoms with Gasteiger partial charge in [-0.3, -0.25) is 0 Å². The van der Waals surface area contributed by atoms with Crippen molar-refractivity contribution in [2.75, 3.05) is 19.3 Å². The predicted molar refractivity (Wildman–Crippen MR) is 76.1 cm³/mol. The van der Waals surface area contributed by atoms with Gasteiger partial charge in [-0.15, -0.1) is 0 Å². The zero-order chi connectivity index (χ0) is 14.3. The number of hydrogen-bond donors (Lipinski definition) is 0. The zero-order valence-corrected chi connectivity index (χ0v) is 13.5. The van der Waals surface area contributed by atoms with Crippen LogP contribution in [-0.4, -0.2) is 45.7 Å². The van der Waals surface area contributed by atoms with E-state index in [1.54, 1.807) is 18.2 Å². The van der Waals surface area contributed by atoms with Crippen LogP contribution in [0.2, 0.25) is 0 Å². The van der Waals surface area contributed by atoms with Gasteiger partial charge in [-0.05, 0) is 34.5 Å². The Bertz CT molecular complexity index is 684. The van der Waals surface area contributed by atoms with Gasteiger partial charge < -0.3 is 0 Å². The van der Waals surface area contributed by atoms with Crippen molar-refractivity contribution in [3.8, 4) is 0 Å². The summed E-state index contributed by atoms with van der Waals surface area (Å²) in [6.07, 6.45) is 1.49. The molecule has 106 valence electrons. The molecule has 0 amide bonds. The molecule has 1 fully saturated rings. The Hall–Kier alpha value is -0.440. The fourth-order valence-corrected chi connectivity index (χ4v) is 5.60. The molecule has 8 heteroatoms. The molecular weight excluding hydrogens is 354 g/mol. The summed E-state index contributed by atoms with van der Waals surface area (Å²) in [4.78, 5) is 0.171. The first-order valence-electron chi connectivity index (χ1n) is 5.66. The van der Waals surface area contributed by atoms with Crippen molar-refractivity contribution in [2.24, 2.45) is 0 Å². The molecule has 2 rings (SSSR count). The average molecular weight is 368 g/mol. The summed E-state index contributed by atoms with van der Waals surface area (Å²) in [6.45, 7) is 0.268. The van der Waals surface area contributed by atoms with E-state index in [-0.39, 0.29) is 18.0 Å². The summed E-state index contributed by atoms with van der Waals surface area (Å²) in [5, 5.41) is -0.607. The standard InChI is InChI=1S/C11H14BrNO4S2/c1-18(14,15)9-6-7-13(8-9)19(16,17)11-5-3-2-4-10(11)12/h2-5,9H,6-8H2,1H3. The summed E-state index contributed by atoms with van der Waals surface area (Å²) in [5.41, 5.74) is 0. The summed E-state index contributed by atoms with van der Waals surface area (Å²) in [6, 6.07) is 6.53. The van der Waals surface area contributed by atoms with E-state index in [1.807, 2.05) is 0 Å². The maximum atomic E-state index is 12.4. The summed E-state index contributed by atoms with van der Waals surface area (Å²) in [7, 11) is -6.85. The van der Waals surface area contributed by atoms with E-state index in [2.05, 4.69) is 15.9 Å².